The van der Waals surface area contributed by atoms with Crippen molar-refractivity contribution >= 4 is 11.4 Å². The quantitative estimate of drug-likeness (QED) is 0.900. The van der Waals surface area contributed by atoms with E-state index in [4.69, 9.17) is 0 Å². The average molecular weight is 269 g/mol. The number of amides is 1. The number of hydrogen-bond acceptors (Lipinski definition) is 2. The minimum Gasteiger partial charge on any atom is -0.348 e. The van der Waals surface area contributed by atoms with E-state index in [-0.39, 0.29) is 5.91 Å². The van der Waals surface area contributed by atoms with Gasteiger partial charge in [-0.1, -0.05) is 0 Å². The highest BCUT2D eigenvalue weighted by Crippen LogP contribution is 2.27. The number of aromatic nitrogens is 1. The van der Waals surface area contributed by atoms with Crippen LogP contribution in [0.5, 0.6) is 0 Å². The lowest BCUT2D eigenvalue weighted by Gasteiger charge is -2.23. The van der Waals surface area contributed by atoms with E-state index in [1.54, 1.807) is 0 Å². The van der Waals surface area contributed by atoms with E-state index in [9.17, 15) is 4.79 Å². The van der Waals surface area contributed by atoms with Crippen molar-refractivity contribution in [3.8, 4) is 0 Å². The van der Waals surface area contributed by atoms with E-state index in [1.807, 2.05) is 28.9 Å². The molecule has 4 rings (SSSR count). The molecule has 104 valence electrons. The second-order valence-corrected chi connectivity index (χ2v) is 6.10. The molecular formula is C16H19N3O. The monoisotopic (exact) mass is 269 g/mol. The highest BCUT2D eigenvalue weighted by molar-refractivity contribution is 5.94. The van der Waals surface area contributed by atoms with Crippen LogP contribution in [0.15, 0.2) is 30.6 Å². The Morgan fingerprint density at radius 2 is 2.20 bits per heavy atom. The number of aryl methyl sites for hydroxylation is 1. The van der Waals surface area contributed by atoms with Crippen LogP contribution < -0.4 is 5.32 Å². The summed E-state index contributed by atoms with van der Waals surface area (Å²) in [4.78, 5) is 14.8. The lowest BCUT2D eigenvalue weighted by molar-refractivity contribution is 0.0924. The predicted octanol–water partition coefficient (Wildman–Crippen LogP) is 1.68. The number of nitrogens with zero attached hydrogens (tertiary/aromatic N) is 2. The van der Waals surface area contributed by atoms with E-state index < -0.39 is 0 Å². The number of fused-ring (bicyclic) bond motifs is 3. The van der Waals surface area contributed by atoms with Gasteiger partial charge in [0.1, 0.15) is 0 Å². The summed E-state index contributed by atoms with van der Waals surface area (Å²) in [6.07, 6.45) is 5.15. The highest BCUT2D eigenvalue weighted by atomic mass is 16.1. The van der Waals surface area contributed by atoms with Crippen molar-refractivity contribution in [1.82, 2.24) is 14.6 Å². The third-order valence-electron chi connectivity index (χ3n) is 4.78. The van der Waals surface area contributed by atoms with Gasteiger partial charge in [-0.2, -0.15) is 0 Å². The molecule has 4 heterocycles. The summed E-state index contributed by atoms with van der Waals surface area (Å²) in [6.45, 7) is 5.45. The number of pyridine rings is 1. The molecule has 2 fully saturated rings. The van der Waals surface area contributed by atoms with Crippen molar-refractivity contribution < 1.29 is 4.79 Å². The fraction of sp³-hybridized carbons (Fsp3) is 0.438. The first-order valence-electron chi connectivity index (χ1n) is 7.31. The molecule has 20 heavy (non-hydrogen) atoms. The molecule has 1 N–H and O–H groups in total. The first kappa shape index (κ1) is 12.0. The zero-order valence-electron chi connectivity index (χ0n) is 11.7. The van der Waals surface area contributed by atoms with Gasteiger partial charge in [-0.3, -0.25) is 4.79 Å². The minimum atomic E-state index is 0.0528. The number of rotatable bonds is 2. The van der Waals surface area contributed by atoms with Crippen molar-refractivity contribution in [2.75, 3.05) is 19.6 Å². The molecule has 0 spiro atoms. The maximum Gasteiger partial charge on any atom is 0.253 e. The molecule has 3 atom stereocenters. The Labute approximate surface area is 118 Å². The van der Waals surface area contributed by atoms with Gasteiger partial charge < -0.3 is 14.6 Å². The summed E-state index contributed by atoms with van der Waals surface area (Å²) in [5, 5.41) is 3.20. The van der Waals surface area contributed by atoms with Crippen LogP contribution in [0.1, 0.15) is 22.3 Å². The number of nitrogens with one attached hydrogen (secondary N) is 1. The Morgan fingerprint density at radius 3 is 2.95 bits per heavy atom. The lowest BCUT2D eigenvalue weighted by Crippen LogP contribution is -2.43. The van der Waals surface area contributed by atoms with Gasteiger partial charge in [-0.15, -0.1) is 0 Å². The first-order chi connectivity index (χ1) is 9.70. The summed E-state index contributed by atoms with van der Waals surface area (Å²) < 4.78 is 2.02. The standard InChI is InChI=1S/C16H19N3O/c1-11-4-7-19-9-13(2-3-15(11)19)16(20)17-14-10-18-6-5-12(14)8-18/h2-4,7,9,12,14H,5-6,8,10H2,1H3,(H,17,20)/t12-,14?/m0/s1. The Kier molecular flexibility index (Phi) is 2.60. The fourth-order valence-electron chi connectivity index (χ4n) is 3.59. The highest BCUT2D eigenvalue weighted by Gasteiger charge is 2.38. The molecule has 0 saturated carbocycles. The van der Waals surface area contributed by atoms with E-state index >= 15 is 0 Å². The second kappa shape index (κ2) is 4.35. The van der Waals surface area contributed by atoms with Crippen LogP contribution in [0, 0.1) is 12.8 Å². The molecule has 4 nitrogen and oxygen atoms in total. The van der Waals surface area contributed by atoms with Crippen molar-refractivity contribution in [2.24, 2.45) is 5.92 Å². The molecule has 2 aliphatic heterocycles. The van der Waals surface area contributed by atoms with E-state index in [2.05, 4.69) is 23.2 Å². The topological polar surface area (TPSA) is 36.8 Å². The number of hydrogen-bond donors (Lipinski definition) is 1. The first-order valence-corrected chi connectivity index (χ1v) is 7.31. The van der Waals surface area contributed by atoms with Gasteiger partial charge in [0.05, 0.1) is 5.56 Å². The fourth-order valence-corrected chi connectivity index (χ4v) is 3.59. The number of piperidine rings is 1. The molecule has 2 unspecified atom stereocenters. The summed E-state index contributed by atoms with van der Waals surface area (Å²) in [5.41, 5.74) is 3.14. The van der Waals surface area contributed by atoms with E-state index in [0.717, 1.165) is 24.2 Å². The molecule has 2 aromatic rings. The molecule has 2 aliphatic rings. The van der Waals surface area contributed by atoms with Gasteiger partial charge in [0.15, 0.2) is 0 Å². The smallest absolute Gasteiger partial charge is 0.253 e. The molecule has 2 bridgehead atoms. The maximum atomic E-state index is 12.4. The van der Waals surface area contributed by atoms with Crippen molar-refractivity contribution in [1.29, 1.82) is 0 Å². The molecule has 4 heteroatoms. The van der Waals surface area contributed by atoms with Gasteiger partial charge in [-0.05, 0) is 49.6 Å². The SMILES string of the molecule is Cc1ccn2cc(C(=O)NC3CN4CC[C@H]3C4)ccc12. The van der Waals surface area contributed by atoms with Gasteiger partial charge in [0.25, 0.3) is 5.91 Å². The largest absolute Gasteiger partial charge is 0.348 e. The van der Waals surface area contributed by atoms with Crippen molar-refractivity contribution in [2.45, 2.75) is 19.4 Å². The third-order valence-corrected chi connectivity index (χ3v) is 4.78. The average Bonchev–Trinajstić information content (AvgIpc) is 3.14. The van der Waals surface area contributed by atoms with Crippen LogP contribution in [0.4, 0.5) is 0 Å². The Bertz CT molecular complexity index is 675. The summed E-state index contributed by atoms with van der Waals surface area (Å²) in [5.74, 6) is 0.702. The normalized spacial score (nSPS) is 28.1. The van der Waals surface area contributed by atoms with Gasteiger partial charge in [-0.25, -0.2) is 0 Å². The molecule has 0 radical (unpaired) electrons. The summed E-state index contributed by atoms with van der Waals surface area (Å²) in [6, 6.07) is 6.35. The van der Waals surface area contributed by atoms with Crippen LogP contribution in [-0.2, 0) is 0 Å². The molecule has 0 aliphatic carbocycles. The van der Waals surface area contributed by atoms with Crippen LogP contribution in [0.2, 0.25) is 0 Å². The van der Waals surface area contributed by atoms with Crippen LogP contribution in [-0.4, -0.2) is 40.9 Å². The van der Waals surface area contributed by atoms with Crippen molar-refractivity contribution in [3.05, 3.63) is 41.7 Å². The maximum absolute atomic E-state index is 12.4. The zero-order chi connectivity index (χ0) is 13.7. The van der Waals surface area contributed by atoms with Crippen LogP contribution in [0.25, 0.3) is 5.52 Å². The van der Waals surface area contributed by atoms with Gasteiger partial charge >= 0.3 is 0 Å². The minimum absolute atomic E-state index is 0.0528. The second-order valence-electron chi connectivity index (χ2n) is 6.10. The molecule has 2 saturated heterocycles. The molecule has 1 amide bonds. The molecular weight excluding hydrogens is 250 g/mol. The zero-order valence-corrected chi connectivity index (χ0v) is 11.7. The van der Waals surface area contributed by atoms with Gasteiger partial charge in [0.2, 0.25) is 0 Å². The van der Waals surface area contributed by atoms with Crippen molar-refractivity contribution in [3.63, 3.8) is 0 Å². The molecule has 0 aromatic carbocycles. The number of carbonyl (C=O) groups is 1. The third kappa shape index (κ3) is 1.83. The Hall–Kier alpha value is -1.81. The van der Waals surface area contributed by atoms with Crippen LogP contribution in [0.3, 0.4) is 0 Å². The van der Waals surface area contributed by atoms with Gasteiger partial charge in [0, 0.05) is 37.0 Å². The lowest BCUT2D eigenvalue weighted by atomic mass is 10.00. The predicted molar refractivity (Wildman–Crippen MR) is 77.9 cm³/mol. The Balaban J connectivity index is 1.54. The number of carbonyl (C=O) groups excluding carboxylic acids is 1. The summed E-state index contributed by atoms with van der Waals surface area (Å²) in [7, 11) is 0. The van der Waals surface area contributed by atoms with E-state index in [1.165, 1.54) is 18.5 Å². The molecule has 2 aromatic heterocycles. The summed E-state index contributed by atoms with van der Waals surface area (Å²) >= 11 is 0. The Morgan fingerprint density at radius 1 is 1.30 bits per heavy atom. The van der Waals surface area contributed by atoms with Crippen LogP contribution >= 0.6 is 0 Å². The van der Waals surface area contributed by atoms with E-state index in [0.29, 0.717) is 12.0 Å².